The first kappa shape index (κ1) is 12.2. The summed E-state index contributed by atoms with van der Waals surface area (Å²) in [5.41, 5.74) is 4.34. The predicted octanol–water partition coefficient (Wildman–Crippen LogP) is 2.51. The first-order chi connectivity index (χ1) is 8.73. The van der Waals surface area contributed by atoms with Crippen LogP contribution in [0.3, 0.4) is 0 Å². The van der Waals surface area contributed by atoms with E-state index in [1.165, 1.54) is 36.0 Å². The van der Waals surface area contributed by atoms with Crippen LogP contribution in [-0.2, 0) is 24.0 Å². The first-order valence-corrected chi connectivity index (χ1v) is 7.07. The zero-order valence-corrected chi connectivity index (χ0v) is 11.1. The molecule has 1 saturated heterocycles. The number of aliphatic hydroxyl groups excluding tert-OH is 1. The highest BCUT2D eigenvalue weighted by atomic mass is 16.5. The molecule has 2 atom stereocenters. The molecule has 0 amide bonds. The van der Waals surface area contributed by atoms with Gasteiger partial charge in [-0.25, -0.2) is 0 Å². The number of rotatable bonds is 3. The molecule has 1 N–H and O–H groups in total. The van der Waals surface area contributed by atoms with Crippen molar-refractivity contribution in [3.8, 4) is 0 Å². The summed E-state index contributed by atoms with van der Waals surface area (Å²) in [5, 5.41) is 9.76. The van der Waals surface area contributed by atoms with Crippen molar-refractivity contribution in [1.82, 2.24) is 0 Å². The van der Waals surface area contributed by atoms with Gasteiger partial charge in [0.05, 0.1) is 12.7 Å². The topological polar surface area (TPSA) is 29.5 Å². The van der Waals surface area contributed by atoms with E-state index < -0.39 is 0 Å². The summed E-state index contributed by atoms with van der Waals surface area (Å²) in [7, 11) is 0. The van der Waals surface area contributed by atoms with Crippen molar-refractivity contribution in [2.24, 2.45) is 5.41 Å². The van der Waals surface area contributed by atoms with Gasteiger partial charge in [-0.1, -0.05) is 18.2 Å². The minimum Gasteiger partial charge on any atom is -0.396 e. The van der Waals surface area contributed by atoms with Crippen LogP contribution in [0.4, 0.5) is 0 Å². The fraction of sp³-hybridized carbons (Fsp3) is 0.625. The number of benzene rings is 1. The molecule has 2 heteroatoms. The molecule has 1 aliphatic carbocycles. The quantitative estimate of drug-likeness (QED) is 0.888. The van der Waals surface area contributed by atoms with Crippen LogP contribution in [-0.4, -0.2) is 24.4 Å². The Morgan fingerprint density at radius 2 is 2.17 bits per heavy atom. The average Bonchev–Trinajstić information content (AvgIpc) is 2.97. The zero-order valence-electron chi connectivity index (χ0n) is 11.1. The Labute approximate surface area is 109 Å². The van der Waals surface area contributed by atoms with E-state index >= 15 is 0 Å². The van der Waals surface area contributed by atoms with E-state index in [0.29, 0.717) is 0 Å². The molecule has 3 rings (SSSR count). The Hall–Kier alpha value is -0.860. The Bertz CT molecular complexity index is 441. The molecule has 1 aliphatic heterocycles. The minimum atomic E-state index is -0.0627. The second-order valence-corrected chi connectivity index (χ2v) is 5.92. The van der Waals surface area contributed by atoms with E-state index in [-0.39, 0.29) is 18.1 Å². The molecular formula is C16H22O2. The Balaban J connectivity index is 1.83. The van der Waals surface area contributed by atoms with E-state index in [4.69, 9.17) is 4.74 Å². The van der Waals surface area contributed by atoms with Crippen molar-refractivity contribution < 1.29 is 9.84 Å². The highest BCUT2D eigenvalue weighted by Crippen LogP contribution is 2.38. The Kier molecular flexibility index (Phi) is 3.16. The second kappa shape index (κ2) is 4.67. The normalized spacial score (nSPS) is 30.7. The Morgan fingerprint density at radius 1 is 1.33 bits per heavy atom. The lowest BCUT2D eigenvalue weighted by atomic mass is 9.77. The van der Waals surface area contributed by atoms with Gasteiger partial charge in [-0.05, 0) is 55.7 Å². The van der Waals surface area contributed by atoms with Gasteiger partial charge in [0.15, 0.2) is 0 Å². The minimum absolute atomic E-state index is 0.0627. The number of aliphatic hydroxyl groups is 1. The van der Waals surface area contributed by atoms with Crippen molar-refractivity contribution in [3.63, 3.8) is 0 Å². The lowest BCUT2D eigenvalue weighted by molar-refractivity contribution is 0.0272. The maximum Gasteiger partial charge on any atom is 0.0629 e. The fourth-order valence-corrected chi connectivity index (χ4v) is 3.46. The van der Waals surface area contributed by atoms with Crippen LogP contribution in [0.2, 0.25) is 0 Å². The number of hydrogen-bond acceptors (Lipinski definition) is 2. The maximum atomic E-state index is 9.76. The monoisotopic (exact) mass is 246 g/mol. The molecule has 18 heavy (non-hydrogen) atoms. The van der Waals surface area contributed by atoms with Crippen LogP contribution in [0.1, 0.15) is 36.5 Å². The van der Waals surface area contributed by atoms with E-state index in [1.807, 2.05) is 0 Å². The summed E-state index contributed by atoms with van der Waals surface area (Å²) in [6.07, 6.45) is 5.83. The van der Waals surface area contributed by atoms with Crippen molar-refractivity contribution in [3.05, 3.63) is 34.9 Å². The lowest BCUT2D eigenvalue weighted by Crippen LogP contribution is -2.35. The van der Waals surface area contributed by atoms with Crippen molar-refractivity contribution in [1.29, 1.82) is 0 Å². The third-order valence-electron chi connectivity index (χ3n) is 4.86. The van der Waals surface area contributed by atoms with Crippen molar-refractivity contribution in [2.75, 3.05) is 13.2 Å². The summed E-state index contributed by atoms with van der Waals surface area (Å²) in [6.45, 7) is 3.11. The third-order valence-corrected chi connectivity index (χ3v) is 4.86. The highest BCUT2D eigenvalue weighted by molar-refractivity contribution is 5.35. The molecule has 1 fully saturated rings. The van der Waals surface area contributed by atoms with Crippen LogP contribution >= 0.6 is 0 Å². The number of aryl methyl sites for hydroxylation is 2. The van der Waals surface area contributed by atoms with E-state index in [9.17, 15) is 5.11 Å². The van der Waals surface area contributed by atoms with Gasteiger partial charge in [0, 0.05) is 12.0 Å². The van der Waals surface area contributed by atoms with Gasteiger partial charge in [0.2, 0.25) is 0 Å². The van der Waals surface area contributed by atoms with Gasteiger partial charge in [-0.15, -0.1) is 0 Å². The molecule has 1 aromatic carbocycles. The molecule has 1 heterocycles. The van der Waals surface area contributed by atoms with Crippen LogP contribution < -0.4 is 0 Å². The van der Waals surface area contributed by atoms with Crippen LogP contribution in [0, 0.1) is 5.41 Å². The Morgan fingerprint density at radius 3 is 2.89 bits per heavy atom. The standard InChI is InChI=1S/C16H22O2/c1-12-16(11-17,7-8-18-12)10-13-5-6-14-3-2-4-15(14)9-13/h5-6,9,12,17H,2-4,7-8,10-11H2,1H3. The van der Waals surface area contributed by atoms with Crippen LogP contribution in [0.5, 0.6) is 0 Å². The number of hydrogen-bond donors (Lipinski definition) is 1. The van der Waals surface area contributed by atoms with Gasteiger partial charge in [-0.3, -0.25) is 0 Å². The van der Waals surface area contributed by atoms with Crippen molar-refractivity contribution >= 4 is 0 Å². The van der Waals surface area contributed by atoms with E-state index in [2.05, 4.69) is 25.1 Å². The predicted molar refractivity (Wildman–Crippen MR) is 71.7 cm³/mol. The molecule has 2 aliphatic rings. The molecule has 2 unspecified atom stereocenters. The van der Waals surface area contributed by atoms with Gasteiger partial charge in [-0.2, -0.15) is 0 Å². The second-order valence-electron chi connectivity index (χ2n) is 5.92. The summed E-state index contributed by atoms with van der Waals surface area (Å²) in [5.74, 6) is 0. The smallest absolute Gasteiger partial charge is 0.0629 e. The van der Waals surface area contributed by atoms with Crippen molar-refractivity contribution in [2.45, 2.75) is 45.1 Å². The largest absolute Gasteiger partial charge is 0.396 e. The summed E-state index contributed by atoms with van der Waals surface area (Å²) >= 11 is 0. The summed E-state index contributed by atoms with van der Waals surface area (Å²) < 4.78 is 5.66. The van der Waals surface area contributed by atoms with E-state index in [1.54, 1.807) is 0 Å². The van der Waals surface area contributed by atoms with Gasteiger partial charge in [0.1, 0.15) is 0 Å². The number of ether oxygens (including phenoxy) is 1. The highest BCUT2D eigenvalue weighted by Gasteiger charge is 2.41. The fourth-order valence-electron chi connectivity index (χ4n) is 3.46. The lowest BCUT2D eigenvalue weighted by Gasteiger charge is -2.30. The molecular weight excluding hydrogens is 224 g/mol. The molecule has 0 saturated carbocycles. The maximum absolute atomic E-state index is 9.76. The molecule has 0 aromatic heterocycles. The number of fused-ring (bicyclic) bond motifs is 1. The average molecular weight is 246 g/mol. The SMILES string of the molecule is CC1OCCC1(CO)Cc1ccc2c(c1)CCC2. The van der Waals surface area contributed by atoms with E-state index in [0.717, 1.165) is 19.4 Å². The molecule has 98 valence electrons. The summed E-state index contributed by atoms with van der Waals surface area (Å²) in [4.78, 5) is 0. The van der Waals surface area contributed by atoms with Gasteiger partial charge in [0.25, 0.3) is 0 Å². The first-order valence-electron chi connectivity index (χ1n) is 7.07. The zero-order chi connectivity index (χ0) is 12.6. The molecule has 0 spiro atoms. The van der Waals surface area contributed by atoms with Crippen LogP contribution in [0.15, 0.2) is 18.2 Å². The third kappa shape index (κ3) is 1.98. The summed E-state index contributed by atoms with van der Waals surface area (Å²) in [6, 6.07) is 6.88. The molecule has 0 bridgehead atoms. The molecule has 1 aromatic rings. The molecule has 0 radical (unpaired) electrons. The molecule has 2 nitrogen and oxygen atoms in total. The van der Waals surface area contributed by atoms with Crippen LogP contribution in [0.25, 0.3) is 0 Å². The van der Waals surface area contributed by atoms with Gasteiger partial charge >= 0.3 is 0 Å². The van der Waals surface area contributed by atoms with Gasteiger partial charge < -0.3 is 9.84 Å².